The van der Waals surface area contributed by atoms with Crippen LogP contribution in [0.4, 0.5) is 0 Å². The number of rotatable bonds is 24. The summed E-state index contributed by atoms with van der Waals surface area (Å²) in [5, 5.41) is 0. The summed E-state index contributed by atoms with van der Waals surface area (Å²) in [6.45, 7) is 4.69. The van der Waals surface area contributed by atoms with Crippen molar-refractivity contribution in [1.29, 1.82) is 0 Å². The van der Waals surface area contributed by atoms with Gasteiger partial charge in [-0.3, -0.25) is 9.36 Å². The number of ether oxygens (including phenoxy) is 2. The molecule has 0 heterocycles. The highest BCUT2D eigenvalue weighted by atomic mass is 31.2. The fourth-order valence-electron chi connectivity index (χ4n) is 3.27. The molecule has 0 saturated heterocycles. The highest BCUT2D eigenvalue weighted by Gasteiger charge is 2.28. The summed E-state index contributed by atoms with van der Waals surface area (Å²) in [5.41, 5.74) is 4.74. The molecule has 186 valence electrons. The molecule has 0 rings (SSSR count). The molecular formula is C23H48NO6P. The molecule has 0 radical (unpaired) electrons. The van der Waals surface area contributed by atoms with E-state index >= 15 is 0 Å². The van der Waals surface area contributed by atoms with E-state index in [1.165, 1.54) is 77.0 Å². The highest BCUT2D eigenvalue weighted by molar-refractivity contribution is 7.53. The van der Waals surface area contributed by atoms with Crippen LogP contribution in [-0.4, -0.2) is 49.5 Å². The van der Waals surface area contributed by atoms with E-state index in [0.29, 0.717) is 13.1 Å². The third kappa shape index (κ3) is 18.8. The highest BCUT2D eigenvalue weighted by Crippen LogP contribution is 2.46. The molecule has 0 spiro atoms. The van der Waals surface area contributed by atoms with Crippen LogP contribution >= 0.6 is 7.60 Å². The second-order valence-electron chi connectivity index (χ2n) is 8.47. The van der Waals surface area contributed by atoms with Crippen molar-refractivity contribution in [2.75, 3.05) is 26.4 Å². The summed E-state index contributed by atoms with van der Waals surface area (Å²) >= 11 is 0. The van der Waals surface area contributed by atoms with Crippen LogP contribution < -0.4 is 5.73 Å². The van der Waals surface area contributed by atoms with Crippen LogP contribution in [-0.2, 0) is 23.4 Å². The van der Waals surface area contributed by atoms with E-state index < -0.39 is 19.4 Å². The Bertz CT molecular complexity index is 452. The van der Waals surface area contributed by atoms with Gasteiger partial charge in [0.05, 0.1) is 18.9 Å². The van der Waals surface area contributed by atoms with Crippen LogP contribution in [0.2, 0.25) is 0 Å². The average molecular weight is 466 g/mol. The third-order valence-electron chi connectivity index (χ3n) is 5.54. The van der Waals surface area contributed by atoms with Gasteiger partial charge >= 0.3 is 7.60 Å². The number of nitrogens with two attached hydrogens (primary N) is 1. The fourth-order valence-corrected chi connectivity index (χ4v) is 4.17. The summed E-state index contributed by atoms with van der Waals surface area (Å²) in [5.74, 6) is 0. The van der Waals surface area contributed by atoms with E-state index in [1.807, 2.05) is 0 Å². The Labute approximate surface area is 190 Å². The number of carbonyl (C=O) groups excluding carboxylic acids is 1. The summed E-state index contributed by atoms with van der Waals surface area (Å²) in [6, 6.07) is 0. The van der Waals surface area contributed by atoms with Gasteiger partial charge in [-0.05, 0) is 13.3 Å². The molecule has 0 aromatic heterocycles. The Morgan fingerprint density at radius 2 is 1.35 bits per heavy atom. The molecule has 0 aromatic carbocycles. The zero-order chi connectivity index (χ0) is 23.2. The SMILES string of the molecule is CCCCCCCCCCCCCCCCOCC(COP(=O)(O)C(C)CN)OC=O. The molecule has 0 fully saturated rings. The molecule has 0 aliphatic rings. The van der Waals surface area contributed by atoms with Gasteiger partial charge in [0.15, 0.2) is 0 Å². The van der Waals surface area contributed by atoms with Gasteiger partial charge in [-0.25, -0.2) is 0 Å². The zero-order valence-corrected chi connectivity index (χ0v) is 20.9. The normalized spacial score (nSPS) is 15.4. The second kappa shape index (κ2) is 21.4. The Morgan fingerprint density at radius 3 is 1.81 bits per heavy atom. The molecule has 7 nitrogen and oxygen atoms in total. The maximum atomic E-state index is 11.9. The molecule has 31 heavy (non-hydrogen) atoms. The van der Waals surface area contributed by atoms with Gasteiger partial charge in [0.25, 0.3) is 6.47 Å². The first-order chi connectivity index (χ1) is 15.0. The van der Waals surface area contributed by atoms with Crippen molar-refractivity contribution in [1.82, 2.24) is 0 Å². The maximum Gasteiger partial charge on any atom is 0.332 e. The molecule has 3 unspecified atom stereocenters. The predicted octanol–water partition coefficient (Wildman–Crippen LogP) is 5.58. The van der Waals surface area contributed by atoms with E-state index in [4.69, 9.17) is 19.7 Å². The number of carbonyl (C=O) groups is 1. The van der Waals surface area contributed by atoms with Crippen molar-refractivity contribution >= 4 is 14.1 Å². The molecule has 0 aliphatic heterocycles. The smallest absolute Gasteiger partial charge is 0.332 e. The molecule has 0 aromatic rings. The topological polar surface area (TPSA) is 108 Å². The van der Waals surface area contributed by atoms with Crippen LogP contribution in [0, 0.1) is 0 Å². The lowest BCUT2D eigenvalue weighted by Crippen LogP contribution is -2.27. The first-order valence-corrected chi connectivity index (χ1v) is 14.0. The van der Waals surface area contributed by atoms with Gasteiger partial charge in [0.2, 0.25) is 0 Å². The van der Waals surface area contributed by atoms with Gasteiger partial charge in [-0.2, -0.15) is 0 Å². The second-order valence-corrected chi connectivity index (χ2v) is 10.7. The van der Waals surface area contributed by atoms with E-state index in [-0.39, 0.29) is 19.8 Å². The molecule has 8 heteroatoms. The van der Waals surface area contributed by atoms with Crippen molar-refractivity contribution in [2.24, 2.45) is 5.73 Å². The summed E-state index contributed by atoms with van der Waals surface area (Å²) in [7, 11) is -3.81. The van der Waals surface area contributed by atoms with Crippen molar-refractivity contribution in [2.45, 2.75) is 116 Å². The third-order valence-corrected chi connectivity index (χ3v) is 7.38. The van der Waals surface area contributed by atoms with E-state index in [1.54, 1.807) is 6.92 Å². The Balaban J connectivity index is 3.56. The Hall–Kier alpha value is -0.460. The van der Waals surface area contributed by atoms with Gasteiger partial charge < -0.3 is 24.6 Å². The number of hydrogen-bond donors (Lipinski definition) is 2. The van der Waals surface area contributed by atoms with Crippen molar-refractivity contribution in [3.8, 4) is 0 Å². The first kappa shape index (κ1) is 30.5. The maximum absolute atomic E-state index is 11.9. The molecular weight excluding hydrogens is 417 g/mol. The summed E-state index contributed by atoms with van der Waals surface area (Å²) < 4.78 is 27.4. The standard InChI is InChI=1S/C23H48NO6P/c1-3-4-5-6-7-8-9-10-11-12-13-14-15-16-17-28-19-23(29-21-25)20-30-31(26,27)22(2)18-24/h21-23H,3-20,24H2,1-2H3,(H,26,27). The lowest BCUT2D eigenvalue weighted by molar-refractivity contribution is -0.138. The molecule has 0 amide bonds. The quantitative estimate of drug-likeness (QED) is 0.109. The van der Waals surface area contributed by atoms with Crippen molar-refractivity contribution < 1.29 is 28.3 Å². The van der Waals surface area contributed by atoms with Gasteiger partial charge in [-0.15, -0.1) is 0 Å². The number of hydrogen-bond acceptors (Lipinski definition) is 6. The predicted molar refractivity (Wildman–Crippen MR) is 126 cm³/mol. The Kier molecular flexibility index (Phi) is 21.1. The molecule has 3 N–H and O–H groups in total. The molecule has 0 aliphatic carbocycles. The number of unbranched alkanes of at least 4 members (excludes halogenated alkanes) is 13. The van der Waals surface area contributed by atoms with Gasteiger partial charge in [0, 0.05) is 13.2 Å². The minimum atomic E-state index is -3.81. The van der Waals surface area contributed by atoms with Gasteiger partial charge in [-0.1, -0.05) is 90.4 Å². The lowest BCUT2D eigenvalue weighted by Gasteiger charge is -2.21. The van der Waals surface area contributed by atoms with E-state index in [0.717, 1.165) is 12.8 Å². The summed E-state index contributed by atoms with van der Waals surface area (Å²) in [6.07, 6.45) is 17.5. The van der Waals surface area contributed by atoms with Crippen LogP contribution in [0.3, 0.4) is 0 Å². The minimum Gasteiger partial charge on any atom is -0.460 e. The van der Waals surface area contributed by atoms with E-state index in [9.17, 15) is 14.3 Å². The zero-order valence-electron chi connectivity index (χ0n) is 20.0. The minimum absolute atomic E-state index is 0.0443. The molecule has 0 bridgehead atoms. The van der Waals surface area contributed by atoms with E-state index in [2.05, 4.69) is 6.92 Å². The van der Waals surface area contributed by atoms with Crippen molar-refractivity contribution in [3.63, 3.8) is 0 Å². The monoisotopic (exact) mass is 465 g/mol. The lowest BCUT2D eigenvalue weighted by atomic mass is 10.0. The van der Waals surface area contributed by atoms with Crippen LogP contribution in [0.15, 0.2) is 0 Å². The molecule has 0 saturated carbocycles. The summed E-state index contributed by atoms with van der Waals surface area (Å²) in [4.78, 5) is 20.4. The fraction of sp³-hybridized carbons (Fsp3) is 0.957. The van der Waals surface area contributed by atoms with Crippen LogP contribution in [0.1, 0.15) is 104 Å². The largest absolute Gasteiger partial charge is 0.460 e. The average Bonchev–Trinajstić information content (AvgIpc) is 2.76. The Morgan fingerprint density at radius 1 is 0.871 bits per heavy atom. The van der Waals surface area contributed by atoms with Crippen LogP contribution in [0.5, 0.6) is 0 Å². The first-order valence-electron chi connectivity index (χ1n) is 12.3. The van der Waals surface area contributed by atoms with Crippen molar-refractivity contribution in [3.05, 3.63) is 0 Å². The van der Waals surface area contributed by atoms with Gasteiger partial charge in [0.1, 0.15) is 6.10 Å². The molecule has 3 atom stereocenters. The van der Waals surface area contributed by atoms with Crippen LogP contribution in [0.25, 0.3) is 0 Å².